The molecule has 0 aliphatic rings. The fourth-order valence-corrected chi connectivity index (χ4v) is 3.99. The van der Waals surface area contributed by atoms with E-state index in [-0.39, 0.29) is 11.9 Å². The highest BCUT2D eigenvalue weighted by atomic mass is 32.1. The van der Waals surface area contributed by atoms with Gasteiger partial charge in [-0.3, -0.25) is 0 Å². The summed E-state index contributed by atoms with van der Waals surface area (Å²) in [5.74, 6) is 0.355. The van der Waals surface area contributed by atoms with Gasteiger partial charge in [-0.25, -0.2) is 24.3 Å². The van der Waals surface area contributed by atoms with Gasteiger partial charge in [0.2, 0.25) is 0 Å². The van der Waals surface area contributed by atoms with Crippen LogP contribution in [0.5, 0.6) is 0 Å². The number of benzene rings is 1. The van der Waals surface area contributed by atoms with Crippen LogP contribution < -0.4 is 5.32 Å². The summed E-state index contributed by atoms with van der Waals surface area (Å²) in [4.78, 5) is 21.6. The first kappa shape index (κ1) is 16.8. The third-order valence-electron chi connectivity index (χ3n) is 4.60. The predicted octanol–water partition coefficient (Wildman–Crippen LogP) is 4.94. The highest BCUT2D eigenvalue weighted by molar-refractivity contribution is 7.13. The molecule has 0 aliphatic carbocycles. The molecule has 6 nitrogen and oxygen atoms in total. The zero-order valence-corrected chi connectivity index (χ0v) is 15.7. The Balaban J connectivity index is 1.63. The molecule has 0 saturated carbocycles. The Kier molecular flexibility index (Phi) is 3.98. The van der Waals surface area contributed by atoms with E-state index in [1.165, 1.54) is 18.5 Å². The summed E-state index contributed by atoms with van der Waals surface area (Å²) in [5.41, 5.74) is 3.83. The number of nitrogens with one attached hydrogen (secondary N) is 2. The van der Waals surface area contributed by atoms with Gasteiger partial charge < -0.3 is 10.3 Å². The van der Waals surface area contributed by atoms with Gasteiger partial charge in [-0.2, -0.15) is 0 Å². The predicted molar refractivity (Wildman–Crippen MR) is 109 cm³/mol. The number of imidazole rings is 1. The molecule has 0 radical (unpaired) electrons. The zero-order valence-electron chi connectivity index (χ0n) is 14.8. The Morgan fingerprint density at radius 1 is 1.14 bits per heavy atom. The van der Waals surface area contributed by atoms with Gasteiger partial charge >= 0.3 is 0 Å². The largest absolute Gasteiger partial charge is 0.362 e. The molecule has 5 aromatic rings. The topological polar surface area (TPSA) is 79.4 Å². The van der Waals surface area contributed by atoms with Crippen molar-refractivity contribution in [2.75, 3.05) is 5.32 Å². The van der Waals surface area contributed by atoms with Gasteiger partial charge in [-0.1, -0.05) is 6.07 Å². The third-order valence-corrected chi connectivity index (χ3v) is 5.48. The van der Waals surface area contributed by atoms with E-state index in [4.69, 9.17) is 4.98 Å². The molecule has 5 rings (SSSR count). The van der Waals surface area contributed by atoms with Crippen LogP contribution >= 0.6 is 11.3 Å². The second-order valence-electron chi connectivity index (χ2n) is 6.43. The van der Waals surface area contributed by atoms with E-state index in [2.05, 4.69) is 31.3 Å². The summed E-state index contributed by atoms with van der Waals surface area (Å²) >= 11 is 1.60. The number of hydrogen-bond acceptors (Lipinski definition) is 6. The molecule has 1 atom stereocenters. The van der Waals surface area contributed by atoms with Crippen molar-refractivity contribution in [1.29, 1.82) is 0 Å². The van der Waals surface area contributed by atoms with Crippen molar-refractivity contribution in [2.24, 2.45) is 0 Å². The standard InChI is InChI=1S/C20H15FN6S/c1-11(26-20-18-19(23-9-22-18)24-10-25-20)14-7-12-4-5-13(21)8-15(12)27-17(14)16-3-2-6-28-16/h2-11H,1H3,(H2,22,23,24,25,26)/t11-/m0/s1. The molecule has 8 heteroatoms. The van der Waals surface area contributed by atoms with Crippen LogP contribution in [0, 0.1) is 5.82 Å². The number of aromatic nitrogens is 5. The Labute approximate surface area is 163 Å². The van der Waals surface area contributed by atoms with Gasteiger partial charge in [0.15, 0.2) is 11.5 Å². The van der Waals surface area contributed by atoms with E-state index in [0.717, 1.165) is 21.5 Å². The lowest BCUT2D eigenvalue weighted by Crippen LogP contribution is -2.11. The van der Waals surface area contributed by atoms with E-state index in [9.17, 15) is 4.39 Å². The minimum atomic E-state index is -0.294. The number of hydrogen-bond donors (Lipinski definition) is 2. The molecule has 1 aromatic carbocycles. The molecule has 0 spiro atoms. The second-order valence-corrected chi connectivity index (χ2v) is 7.38. The summed E-state index contributed by atoms with van der Waals surface area (Å²) < 4.78 is 13.7. The molecule has 0 unspecified atom stereocenters. The summed E-state index contributed by atoms with van der Waals surface area (Å²) in [6.45, 7) is 2.05. The van der Waals surface area contributed by atoms with Gasteiger partial charge in [-0.15, -0.1) is 11.3 Å². The molecular formula is C20H15FN6S. The summed E-state index contributed by atoms with van der Waals surface area (Å²) in [5, 5.41) is 6.32. The van der Waals surface area contributed by atoms with E-state index in [1.54, 1.807) is 23.7 Å². The van der Waals surface area contributed by atoms with Gasteiger partial charge in [-0.05, 0) is 36.6 Å². The Morgan fingerprint density at radius 3 is 2.93 bits per heavy atom. The lowest BCUT2D eigenvalue weighted by molar-refractivity contribution is 0.629. The molecule has 0 saturated heterocycles. The van der Waals surface area contributed by atoms with E-state index < -0.39 is 0 Å². The first-order valence-corrected chi connectivity index (χ1v) is 9.62. The van der Waals surface area contributed by atoms with Crippen LogP contribution in [0.3, 0.4) is 0 Å². The van der Waals surface area contributed by atoms with Gasteiger partial charge in [0.25, 0.3) is 0 Å². The van der Waals surface area contributed by atoms with Crippen LogP contribution in [0.2, 0.25) is 0 Å². The number of rotatable bonds is 4. The molecule has 0 amide bonds. The van der Waals surface area contributed by atoms with Crippen LogP contribution in [0.1, 0.15) is 18.5 Å². The number of anilines is 1. The minimum Gasteiger partial charge on any atom is -0.362 e. The smallest absolute Gasteiger partial charge is 0.162 e. The summed E-state index contributed by atoms with van der Waals surface area (Å²) in [6.07, 6.45) is 3.09. The molecule has 0 bridgehead atoms. The van der Waals surface area contributed by atoms with Crippen molar-refractivity contribution in [3.8, 4) is 10.6 Å². The quantitative estimate of drug-likeness (QED) is 0.454. The molecule has 4 heterocycles. The Morgan fingerprint density at radius 2 is 2.07 bits per heavy atom. The average Bonchev–Trinajstić information content (AvgIpc) is 3.39. The van der Waals surface area contributed by atoms with Gasteiger partial charge in [0, 0.05) is 17.0 Å². The Hall–Kier alpha value is -3.39. The lowest BCUT2D eigenvalue weighted by atomic mass is 10.0. The maximum atomic E-state index is 13.7. The van der Waals surface area contributed by atoms with Gasteiger partial charge in [0.05, 0.1) is 28.5 Å². The van der Waals surface area contributed by atoms with E-state index >= 15 is 0 Å². The Bertz CT molecular complexity index is 1280. The number of fused-ring (bicyclic) bond motifs is 2. The number of halogens is 1. The highest BCUT2D eigenvalue weighted by Crippen LogP contribution is 2.34. The van der Waals surface area contributed by atoms with Crippen molar-refractivity contribution in [1.82, 2.24) is 24.9 Å². The normalized spacial score (nSPS) is 12.5. The van der Waals surface area contributed by atoms with Crippen molar-refractivity contribution < 1.29 is 4.39 Å². The minimum absolute atomic E-state index is 0.103. The number of pyridine rings is 1. The van der Waals surface area contributed by atoms with Crippen LogP contribution in [-0.2, 0) is 0 Å². The van der Waals surface area contributed by atoms with Crippen LogP contribution in [-0.4, -0.2) is 24.9 Å². The molecule has 2 N–H and O–H groups in total. The maximum Gasteiger partial charge on any atom is 0.162 e. The van der Waals surface area contributed by atoms with Crippen molar-refractivity contribution in [2.45, 2.75) is 13.0 Å². The molecule has 28 heavy (non-hydrogen) atoms. The summed E-state index contributed by atoms with van der Waals surface area (Å²) in [7, 11) is 0. The van der Waals surface area contributed by atoms with E-state index in [1.807, 2.05) is 24.4 Å². The first-order chi connectivity index (χ1) is 13.7. The molecule has 0 aliphatic heterocycles. The SMILES string of the molecule is C[C@H](Nc1ncnc2[nH]cnc12)c1cc2ccc(F)cc2nc1-c1cccs1. The number of aromatic amines is 1. The van der Waals surface area contributed by atoms with E-state index in [0.29, 0.717) is 22.5 Å². The van der Waals surface area contributed by atoms with Crippen LogP contribution in [0.4, 0.5) is 10.2 Å². The third kappa shape index (κ3) is 2.87. The molecule has 0 fully saturated rings. The summed E-state index contributed by atoms with van der Waals surface area (Å²) in [6, 6.07) is 10.6. The zero-order chi connectivity index (χ0) is 19.1. The number of nitrogens with zero attached hydrogens (tertiary/aromatic N) is 4. The van der Waals surface area contributed by atoms with Crippen LogP contribution in [0.25, 0.3) is 32.6 Å². The molecule has 4 aromatic heterocycles. The number of thiophene rings is 1. The highest BCUT2D eigenvalue weighted by Gasteiger charge is 2.18. The number of H-pyrrole nitrogens is 1. The van der Waals surface area contributed by atoms with Crippen LogP contribution in [0.15, 0.2) is 54.4 Å². The van der Waals surface area contributed by atoms with Crippen molar-refractivity contribution in [3.05, 3.63) is 65.8 Å². The van der Waals surface area contributed by atoms with Crippen molar-refractivity contribution >= 4 is 39.2 Å². The molecular weight excluding hydrogens is 375 g/mol. The molecule has 138 valence electrons. The fourth-order valence-electron chi connectivity index (χ4n) is 3.25. The lowest BCUT2D eigenvalue weighted by Gasteiger charge is -2.18. The maximum absolute atomic E-state index is 13.7. The average molecular weight is 390 g/mol. The fraction of sp³-hybridized carbons (Fsp3) is 0.100. The van der Waals surface area contributed by atoms with Gasteiger partial charge in [0.1, 0.15) is 17.7 Å². The second kappa shape index (κ2) is 6.65. The first-order valence-electron chi connectivity index (χ1n) is 8.74. The van der Waals surface area contributed by atoms with Crippen molar-refractivity contribution in [3.63, 3.8) is 0 Å². The monoisotopic (exact) mass is 390 g/mol.